The van der Waals surface area contributed by atoms with Crippen LogP contribution in [0.25, 0.3) is 16.8 Å². The standard InChI is InChI=1S/C21H25N5O3/c1-14-16(21(27)25-9-7-24(2)8-10-25)12-22-20-17(13-23-26(14)20)15-5-6-18(28-3)19(11-15)29-4/h5-6,11-13H,7-10H2,1-4H3. The van der Waals surface area contributed by atoms with Gasteiger partial charge in [-0.15, -0.1) is 0 Å². The Morgan fingerprint density at radius 2 is 1.76 bits per heavy atom. The number of ether oxygens (including phenoxy) is 2. The number of benzene rings is 1. The van der Waals surface area contributed by atoms with E-state index in [0.717, 1.165) is 43.0 Å². The molecule has 3 heterocycles. The molecular formula is C21H25N5O3. The maximum Gasteiger partial charge on any atom is 0.257 e. The molecule has 0 bridgehead atoms. The highest BCUT2D eigenvalue weighted by Gasteiger charge is 2.24. The number of amides is 1. The number of aromatic nitrogens is 3. The van der Waals surface area contributed by atoms with E-state index in [0.29, 0.717) is 22.7 Å². The number of hydrogen-bond donors (Lipinski definition) is 0. The highest BCUT2D eigenvalue weighted by Crippen LogP contribution is 2.33. The van der Waals surface area contributed by atoms with Crippen LogP contribution in [-0.2, 0) is 0 Å². The third-order valence-corrected chi connectivity index (χ3v) is 5.48. The molecule has 0 radical (unpaired) electrons. The van der Waals surface area contributed by atoms with E-state index in [1.165, 1.54) is 0 Å². The Hall–Kier alpha value is -3.13. The van der Waals surface area contributed by atoms with Crippen molar-refractivity contribution in [1.82, 2.24) is 24.4 Å². The van der Waals surface area contributed by atoms with Crippen LogP contribution in [0, 0.1) is 6.92 Å². The predicted octanol–water partition coefficient (Wildman–Crippen LogP) is 2.11. The van der Waals surface area contributed by atoms with Crippen LogP contribution in [0.1, 0.15) is 16.1 Å². The fraction of sp³-hybridized carbons (Fsp3) is 0.381. The number of methoxy groups -OCH3 is 2. The lowest BCUT2D eigenvalue weighted by atomic mass is 10.1. The predicted molar refractivity (Wildman–Crippen MR) is 110 cm³/mol. The van der Waals surface area contributed by atoms with E-state index >= 15 is 0 Å². The lowest BCUT2D eigenvalue weighted by Crippen LogP contribution is -2.47. The van der Waals surface area contributed by atoms with Gasteiger partial charge in [0.15, 0.2) is 17.1 Å². The summed E-state index contributed by atoms with van der Waals surface area (Å²) in [5, 5.41) is 4.50. The van der Waals surface area contributed by atoms with Gasteiger partial charge in [-0.05, 0) is 31.7 Å². The van der Waals surface area contributed by atoms with Crippen molar-refractivity contribution >= 4 is 11.6 Å². The average molecular weight is 395 g/mol. The topological polar surface area (TPSA) is 72.2 Å². The van der Waals surface area contributed by atoms with E-state index in [4.69, 9.17) is 9.47 Å². The van der Waals surface area contributed by atoms with Gasteiger partial charge in [0.05, 0.1) is 31.7 Å². The van der Waals surface area contributed by atoms with Crippen LogP contribution in [0.3, 0.4) is 0 Å². The average Bonchev–Trinajstić information content (AvgIpc) is 3.18. The van der Waals surface area contributed by atoms with E-state index in [1.807, 2.05) is 30.0 Å². The van der Waals surface area contributed by atoms with Gasteiger partial charge in [-0.3, -0.25) is 4.79 Å². The van der Waals surface area contributed by atoms with Crippen molar-refractivity contribution in [1.29, 1.82) is 0 Å². The zero-order valence-electron chi connectivity index (χ0n) is 17.2. The molecule has 8 nitrogen and oxygen atoms in total. The van der Waals surface area contributed by atoms with Crippen molar-refractivity contribution in [2.24, 2.45) is 0 Å². The van der Waals surface area contributed by atoms with Crippen LogP contribution in [0.15, 0.2) is 30.6 Å². The molecule has 152 valence electrons. The van der Waals surface area contributed by atoms with Crippen molar-refractivity contribution < 1.29 is 14.3 Å². The third kappa shape index (κ3) is 3.40. The van der Waals surface area contributed by atoms with Gasteiger partial charge in [0.1, 0.15) is 0 Å². The van der Waals surface area contributed by atoms with E-state index < -0.39 is 0 Å². The molecule has 0 atom stereocenters. The number of fused-ring (bicyclic) bond motifs is 1. The molecule has 29 heavy (non-hydrogen) atoms. The Morgan fingerprint density at radius 1 is 1.03 bits per heavy atom. The molecule has 0 unspecified atom stereocenters. The van der Waals surface area contributed by atoms with E-state index in [9.17, 15) is 4.79 Å². The minimum atomic E-state index is 0.00756. The summed E-state index contributed by atoms with van der Waals surface area (Å²) >= 11 is 0. The van der Waals surface area contributed by atoms with Gasteiger partial charge in [0.2, 0.25) is 0 Å². The van der Waals surface area contributed by atoms with Crippen molar-refractivity contribution in [3.8, 4) is 22.6 Å². The number of aryl methyl sites for hydroxylation is 1. The Labute approximate surface area is 169 Å². The summed E-state index contributed by atoms with van der Waals surface area (Å²) in [5.41, 5.74) is 3.86. The molecule has 2 aromatic heterocycles. The van der Waals surface area contributed by atoms with Crippen molar-refractivity contribution in [2.75, 3.05) is 47.4 Å². The number of carbonyl (C=O) groups excluding carboxylic acids is 1. The summed E-state index contributed by atoms with van der Waals surface area (Å²) in [6.45, 7) is 5.12. The maximum absolute atomic E-state index is 13.0. The number of likely N-dealkylation sites (N-methyl/N-ethyl adjacent to an activating group) is 1. The molecule has 1 aromatic carbocycles. The van der Waals surface area contributed by atoms with E-state index in [1.54, 1.807) is 31.1 Å². The zero-order valence-corrected chi connectivity index (χ0v) is 17.2. The van der Waals surface area contributed by atoms with Crippen molar-refractivity contribution in [3.05, 3.63) is 41.9 Å². The summed E-state index contributed by atoms with van der Waals surface area (Å²) in [6.07, 6.45) is 3.43. The first-order valence-corrected chi connectivity index (χ1v) is 9.57. The summed E-state index contributed by atoms with van der Waals surface area (Å²) < 4.78 is 12.5. The van der Waals surface area contributed by atoms with E-state index in [2.05, 4.69) is 22.0 Å². The minimum absolute atomic E-state index is 0.00756. The van der Waals surface area contributed by atoms with Gasteiger partial charge in [-0.25, -0.2) is 9.50 Å². The third-order valence-electron chi connectivity index (χ3n) is 5.48. The van der Waals surface area contributed by atoms with Gasteiger partial charge in [0.25, 0.3) is 5.91 Å². The Balaban J connectivity index is 1.70. The van der Waals surface area contributed by atoms with Crippen molar-refractivity contribution in [2.45, 2.75) is 6.92 Å². The molecule has 0 spiro atoms. The number of carbonyl (C=O) groups is 1. The van der Waals surface area contributed by atoms with Crippen LogP contribution in [-0.4, -0.2) is 77.8 Å². The van der Waals surface area contributed by atoms with Crippen LogP contribution < -0.4 is 9.47 Å². The van der Waals surface area contributed by atoms with Crippen LogP contribution in [0.4, 0.5) is 0 Å². The van der Waals surface area contributed by atoms with Crippen LogP contribution in [0.2, 0.25) is 0 Å². The first-order valence-electron chi connectivity index (χ1n) is 9.57. The van der Waals surface area contributed by atoms with Crippen LogP contribution >= 0.6 is 0 Å². The summed E-state index contributed by atoms with van der Waals surface area (Å²) in [5.74, 6) is 1.31. The molecule has 1 aliphatic rings. The molecule has 1 fully saturated rings. The fourth-order valence-electron chi connectivity index (χ4n) is 3.64. The first-order chi connectivity index (χ1) is 14.0. The lowest BCUT2D eigenvalue weighted by molar-refractivity contribution is 0.0662. The molecule has 4 rings (SSSR count). The monoisotopic (exact) mass is 395 g/mol. The van der Waals surface area contributed by atoms with E-state index in [-0.39, 0.29) is 5.91 Å². The Kier molecular flexibility index (Phi) is 5.10. The Bertz CT molecular complexity index is 1050. The molecule has 0 aliphatic carbocycles. The fourth-order valence-corrected chi connectivity index (χ4v) is 3.64. The molecule has 0 saturated carbocycles. The number of nitrogens with zero attached hydrogens (tertiary/aromatic N) is 5. The zero-order chi connectivity index (χ0) is 20.5. The highest BCUT2D eigenvalue weighted by molar-refractivity contribution is 5.95. The molecular weight excluding hydrogens is 370 g/mol. The molecule has 3 aromatic rings. The summed E-state index contributed by atoms with van der Waals surface area (Å²) in [6, 6.07) is 5.70. The SMILES string of the molecule is COc1ccc(-c2cnn3c(C)c(C(=O)N4CCN(C)CC4)cnc23)cc1OC. The molecule has 1 amide bonds. The maximum atomic E-state index is 13.0. The largest absolute Gasteiger partial charge is 0.493 e. The second-order valence-electron chi connectivity index (χ2n) is 7.22. The number of piperazine rings is 1. The van der Waals surface area contributed by atoms with Gasteiger partial charge in [0, 0.05) is 37.9 Å². The molecule has 8 heteroatoms. The lowest BCUT2D eigenvalue weighted by Gasteiger charge is -2.32. The van der Waals surface area contributed by atoms with Gasteiger partial charge < -0.3 is 19.3 Å². The number of hydrogen-bond acceptors (Lipinski definition) is 6. The smallest absolute Gasteiger partial charge is 0.257 e. The first kappa shape index (κ1) is 19.2. The Morgan fingerprint density at radius 3 is 2.45 bits per heavy atom. The minimum Gasteiger partial charge on any atom is -0.493 e. The normalized spacial score (nSPS) is 15.0. The van der Waals surface area contributed by atoms with Gasteiger partial charge in [-0.2, -0.15) is 5.10 Å². The highest BCUT2D eigenvalue weighted by atomic mass is 16.5. The quantitative estimate of drug-likeness (QED) is 0.674. The summed E-state index contributed by atoms with van der Waals surface area (Å²) in [4.78, 5) is 21.7. The second kappa shape index (κ2) is 7.71. The molecule has 1 saturated heterocycles. The van der Waals surface area contributed by atoms with Gasteiger partial charge >= 0.3 is 0 Å². The second-order valence-corrected chi connectivity index (χ2v) is 7.22. The molecule has 0 N–H and O–H groups in total. The van der Waals surface area contributed by atoms with Gasteiger partial charge in [-0.1, -0.05) is 6.07 Å². The number of rotatable bonds is 4. The van der Waals surface area contributed by atoms with Crippen molar-refractivity contribution in [3.63, 3.8) is 0 Å². The van der Waals surface area contributed by atoms with Crippen LogP contribution in [0.5, 0.6) is 11.5 Å². The molecule has 1 aliphatic heterocycles. The summed E-state index contributed by atoms with van der Waals surface area (Å²) in [7, 11) is 5.28.